The van der Waals surface area contributed by atoms with Crippen LogP contribution in [0.2, 0.25) is 0 Å². The Bertz CT molecular complexity index is 607. The Morgan fingerprint density at radius 3 is 2.48 bits per heavy atom. The molecule has 3 rings (SSSR count). The second kappa shape index (κ2) is 8.81. The van der Waals surface area contributed by atoms with Crippen LogP contribution in [0.5, 0.6) is 0 Å². The van der Waals surface area contributed by atoms with E-state index in [1.54, 1.807) is 4.90 Å². The molecule has 1 aromatic carbocycles. The van der Waals surface area contributed by atoms with Crippen LogP contribution in [0.3, 0.4) is 0 Å². The molecule has 2 fully saturated rings. The first-order valence-corrected chi connectivity index (χ1v) is 9.22. The fourth-order valence-corrected chi connectivity index (χ4v) is 3.37. The third kappa shape index (κ3) is 5.16. The third-order valence-corrected chi connectivity index (χ3v) is 4.95. The van der Waals surface area contributed by atoms with Crippen molar-refractivity contribution in [3.05, 3.63) is 42.0 Å². The summed E-state index contributed by atoms with van der Waals surface area (Å²) in [5.41, 5.74) is 1.21. The van der Waals surface area contributed by atoms with Gasteiger partial charge in [-0.2, -0.15) is 0 Å². The van der Waals surface area contributed by atoms with E-state index in [-0.39, 0.29) is 18.4 Å². The van der Waals surface area contributed by atoms with Gasteiger partial charge in [0.05, 0.1) is 6.54 Å². The molecule has 2 heterocycles. The molecule has 0 saturated carbocycles. The lowest BCUT2D eigenvalue weighted by molar-refractivity contribution is -0.142. The average molecular weight is 341 g/mol. The maximum Gasteiger partial charge on any atom is 0.242 e. The number of carbonyl (C=O) groups excluding carboxylic acids is 2. The number of piperidine rings is 1. The van der Waals surface area contributed by atoms with Gasteiger partial charge < -0.3 is 9.80 Å². The van der Waals surface area contributed by atoms with Gasteiger partial charge in [0.1, 0.15) is 0 Å². The summed E-state index contributed by atoms with van der Waals surface area (Å²) >= 11 is 0. The van der Waals surface area contributed by atoms with Crippen LogP contribution >= 0.6 is 0 Å². The Hall–Kier alpha value is -2.14. The largest absolute Gasteiger partial charge is 0.339 e. The van der Waals surface area contributed by atoms with E-state index in [0.29, 0.717) is 6.42 Å². The third-order valence-electron chi connectivity index (χ3n) is 4.95. The Kier molecular flexibility index (Phi) is 6.23. The zero-order valence-electron chi connectivity index (χ0n) is 14.8. The molecule has 2 saturated heterocycles. The predicted octanol–water partition coefficient (Wildman–Crippen LogP) is 1.86. The summed E-state index contributed by atoms with van der Waals surface area (Å²) in [6, 6.07) is 10.3. The zero-order chi connectivity index (χ0) is 17.5. The molecule has 0 unspecified atom stereocenters. The molecule has 0 aromatic heterocycles. The van der Waals surface area contributed by atoms with Gasteiger partial charge in [-0.05, 0) is 18.4 Å². The van der Waals surface area contributed by atoms with Crippen molar-refractivity contribution >= 4 is 17.9 Å². The predicted molar refractivity (Wildman–Crippen MR) is 98.9 cm³/mol. The summed E-state index contributed by atoms with van der Waals surface area (Å²) in [5.74, 6) is 0.221. The highest BCUT2D eigenvalue weighted by Crippen LogP contribution is 2.11. The van der Waals surface area contributed by atoms with Crippen LogP contribution in [0, 0.1) is 0 Å². The number of piperazine rings is 1. The van der Waals surface area contributed by atoms with Crippen LogP contribution in [-0.2, 0) is 9.59 Å². The smallest absolute Gasteiger partial charge is 0.242 e. The van der Waals surface area contributed by atoms with Crippen LogP contribution in [0.4, 0.5) is 0 Å². The molecule has 2 amide bonds. The van der Waals surface area contributed by atoms with Gasteiger partial charge in [-0.25, -0.2) is 0 Å². The van der Waals surface area contributed by atoms with E-state index in [1.807, 2.05) is 23.1 Å². The van der Waals surface area contributed by atoms with Crippen molar-refractivity contribution in [2.75, 3.05) is 45.8 Å². The molecule has 25 heavy (non-hydrogen) atoms. The molecule has 1 aromatic rings. The van der Waals surface area contributed by atoms with E-state index in [1.165, 1.54) is 5.56 Å². The number of hydrogen-bond acceptors (Lipinski definition) is 3. The van der Waals surface area contributed by atoms with Crippen molar-refractivity contribution in [1.29, 1.82) is 0 Å². The molecule has 5 nitrogen and oxygen atoms in total. The summed E-state index contributed by atoms with van der Waals surface area (Å²) in [6.07, 6.45) is 6.88. The van der Waals surface area contributed by atoms with E-state index in [9.17, 15) is 9.59 Å². The SMILES string of the molecule is O=C(CN1CCCCC1=O)N1CCN(C/C=C/c2ccccc2)CC1. The Labute approximate surface area is 149 Å². The number of likely N-dealkylation sites (tertiary alicyclic amines) is 1. The van der Waals surface area contributed by atoms with Crippen LogP contribution in [0.25, 0.3) is 6.08 Å². The van der Waals surface area contributed by atoms with Gasteiger partial charge in [0.2, 0.25) is 11.8 Å². The summed E-state index contributed by atoms with van der Waals surface area (Å²) in [4.78, 5) is 30.2. The van der Waals surface area contributed by atoms with Crippen LogP contribution in [0.1, 0.15) is 24.8 Å². The van der Waals surface area contributed by atoms with Crippen molar-refractivity contribution in [3.63, 3.8) is 0 Å². The van der Waals surface area contributed by atoms with Gasteiger partial charge in [0.15, 0.2) is 0 Å². The van der Waals surface area contributed by atoms with Gasteiger partial charge in [0.25, 0.3) is 0 Å². The second-order valence-electron chi connectivity index (χ2n) is 6.77. The molecule has 2 aliphatic rings. The number of hydrogen-bond donors (Lipinski definition) is 0. The number of rotatable bonds is 5. The van der Waals surface area contributed by atoms with Gasteiger partial charge >= 0.3 is 0 Å². The lowest BCUT2D eigenvalue weighted by Gasteiger charge is -2.36. The molecule has 0 aliphatic carbocycles. The molecule has 0 atom stereocenters. The number of nitrogens with zero attached hydrogens (tertiary/aromatic N) is 3. The fraction of sp³-hybridized carbons (Fsp3) is 0.500. The molecular formula is C20H27N3O2. The van der Waals surface area contributed by atoms with E-state index in [0.717, 1.165) is 52.1 Å². The molecule has 0 radical (unpaired) electrons. The molecular weight excluding hydrogens is 314 g/mol. The molecule has 0 bridgehead atoms. The standard InChI is InChI=1S/C20H27N3O2/c24-19-10-4-5-12-23(19)17-20(25)22-15-13-21(14-16-22)11-6-9-18-7-2-1-3-8-18/h1-3,6-9H,4-5,10-17H2/b9-6+. The summed E-state index contributed by atoms with van der Waals surface area (Å²) in [6.45, 7) is 5.17. The maximum absolute atomic E-state index is 12.4. The minimum absolute atomic E-state index is 0.0923. The highest BCUT2D eigenvalue weighted by molar-refractivity contribution is 5.85. The van der Waals surface area contributed by atoms with E-state index in [2.05, 4.69) is 29.2 Å². The van der Waals surface area contributed by atoms with Crippen LogP contribution in [-0.4, -0.2) is 72.3 Å². The summed E-state index contributed by atoms with van der Waals surface area (Å²) < 4.78 is 0. The minimum atomic E-state index is 0.0923. The van der Waals surface area contributed by atoms with Gasteiger partial charge in [-0.3, -0.25) is 14.5 Å². The molecule has 2 aliphatic heterocycles. The Balaban J connectivity index is 1.40. The molecule has 134 valence electrons. The van der Waals surface area contributed by atoms with Crippen molar-refractivity contribution in [3.8, 4) is 0 Å². The van der Waals surface area contributed by atoms with Gasteiger partial charge in [0, 0.05) is 45.7 Å². The maximum atomic E-state index is 12.4. The van der Waals surface area contributed by atoms with Crippen LogP contribution < -0.4 is 0 Å². The zero-order valence-corrected chi connectivity index (χ0v) is 14.8. The second-order valence-corrected chi connectivity index (χ2v) is 6.77. The summed E-state index contributed by atoms with van der Waals surface area (Å²) in [5, 5.41) is 0. The highest BCUT2D eigenvalue weighted by atomic mass is 16.2. The quantitative estimate of drug-likeness (QED) is 0.821. The lowest BCUT2D eigenvalue weighted by atomic mass is 10.1. The average Bonchev–Trinajstić information content (AvgIpc) is 2.65. The fourth-order valence-electron chi connectivity index (χ4n) is 3.37. The Morgan fingerprint density at radius 1 is 1.00 bits per heavy atom. The monoisotopic (exact) mass is 341 g/mol. The minimum Gasteiger partial charge on any atom is -0.339 e. The van der Waals surface area contributed by atoms with Gasteiger partial charge in [-0.15, -0.1) is 0 Å². The molecule has 0 spiro atoms. The number of benzene rings is 1. The van der Waals surface area contributed by atoms with E-state index < -0.39 is 0 Å². The van der Waals surface area contributed by atoms with Crippen molar-refractivity contribution in [1.82, 2.24) is 14.7 Å². The molecule has 5 heteroatoms. The van der Waals surface area contributed by atoms with Crippen LogP contribution in [0.15, 0.2) is 36.4 Å². The number of carbonyl (C=O) groups is 2. The Morgan fingerprint density at radius 2 is 1.76 bits per heavy atom. The first-order valence-electron chi connectivity index (χ1n) is 9.22. The highest BCUT2D eigenvalue weighted by Gasteiger charge is 2.25. The van der Waals surface area contributed by atoms with E-state index in [4.69, 9.17) is 0 Å². The normalized spacial score (nSPS) is 19.6. The van der Waals surface area contributed by atoms with Crippen molar-refractivity contribution < 1.29 is 9.59 Å². The number of amides is 2. The first-order chi connectivity index (χ1) is 12.2. The van der Waals surface area contributed by atoms with Gasteiger partial charge in [-0.1, -0.05) is 42.5 Å². The topological polar surface area (TPSA) is 43.9 Å². The van der Waals surface area contributed by atoms with E-state index >= 15 is 0 Å². The van der Waals surface area contributed by atoms with Crippen molar-refractivity contribution in [2.24, 2.45) is 0 Å². The lowest BCUT2D eigenvalue weighted by Crippen LogP contribution is -2.52. The van der Waals surface area contributed by atoms with Crippen molar-refractivity contribution in [2.45, 2.75) is 19.3 Å². The molecule has 0 N–H and O–H groups in total. The first kappa shape index (κ1) is 17.7. The summed E-state index contributed by atoms with van der Waals surface area (Å²) in [7, 11) is 0.